The summed E-state index contributed by atoms with van der Waals surface area (Å²) in [4.78, 5) is 15.6. The predicted molar refractivity (Wildman–Crippen MR) is 112 cm³/mol. The fraction of sp³-hybridized carbons (Fsp3) is 0.565. The van der Waals surface area contributed by atoms with Crippen molar-refractivity contribution < 1.29 is 18.7 Å². The topological polar surface area (TPSA) is 68.6 Å². The zero-order valence-electron chi connectivity index (χ0n) is 17.8. The van der Waals surface area contributed by atoms with Gasteiger partial charge in [0, 0.05) is 57.1 Å². The van der Waals surface area contributed by atoms with Crippen LogP contribution in [-0.4, -0.2) is 53.5 Å². The summed E-state index contributed by atoms with van der Waals surface area (Å²) in [5, 5.41) is 7.24. The molecule has 1 aromatic carbocycles. The van der Waals surface area contributed by atoms with E-state index in [1.165, 1.54) is 6.07 Å². The molecule has 2 fully saturated rings. The van der Waals surface area contributed by atoms with Crippen molar-refractivity contribution >= 4 is 5.91 Å². The van der Waals surface area contributed by atoms with E-state index in [-0.39, 0.29) is 29.6 Å². The Kier molecular flexibility index (Phi) is 5.67. The van der Waals surface area contributed by atoms with Crippen molar-refractivity contribution in [2.45, 2.75) is 25.4 Å². The second-order valence-corrected chi connectivity index (χ2v) is 8.88. The molecule has 0 bridgehead atoms. The number of carbonyl (C=O) groups is 1. The van der Waals surface area contributed by atoms with E-state index in [0.717, 1.165) is 49.6 Å². The van der Waals surface area contributed by atoms with Crippen LogP contribution in [0.1, 0.15) is 30.1 Å². The molecule has 7 nitrogen and oxygen atoms in total. The summed E-state index contributed by atoms with van der Waals surface area (Å²) >= 11 is 0. The van der Waals surface area contributed by atoms with Crippen molar-refractivity contribution in [1.82, 2.24) is 20.0 Å². The number of nitrogens with one attached hydrogen (secondary N) is 1. The van der Waals surface area contributed by atoms with Crippen molar-refractivity contribution in [3.8, 4) is 5.75 Å². The third kappa shape index (κ3) is 4.06. The van der Waals surface area contributed by atoms with Crippen LogP contribution in [0.15, 0.2) is 30.5 Å². The summed E-state index contributed by atoms with van der Waals surface area (Å²) in [5.74, 6) is 0.823. The Morgan fingerprint density at radius 3 is 2.90 bits per heavy atom. The zero-order valence-corrected chi connectivity index (χ0v) is 17.8. The second kappa shape index (κ2) is 8.59. The van der Waals surface area contributed by atoms with Gasteiger partial charge < -0.3 is 14.8 Å². The predicted octanol–water partition coefficient (Wildman–Crippen LogP) is 2.28. The van der Waals surface area contributed by atoms with Crippen LogP contribution in [0.4, 0.5) is 4.39 Å². The van der Waals surface area contributed by atoms with Crippen LogP contribution in [0.3, 0.4) is 0 Å². The van der Waals surface area contributed by atoms with E-state index in [1.807, 2.05) is 13.1 Å². The Bertz CT molecular complexity index is 943. The van der Waals surface area contributed by atoms with E-state index in [1.54, 1.807) is 23.0 Å². The third-order valence-electron chi connectivity index (χ3n) is 7.01. The largest absolute Gasteiger partial charge is 0.493 e. The summed E-state index contributed by atoms with van der Waals surface area (Å²) in [6.45, 7) is 4.03. The van der Waals surface area contributed by atoms with Crippen LogP contribution in [0.25, 0.3) is 0 Å². The Balaban J connectivity index is 1.37. The van der Waals surface area contributed by atoms with E-state index in [9.17, 15) is 9.18 Å². The molecule has 0 saturated carbocycles. The quantitative estimate of drug-likeness (QED) is 0.792. The van der Waals surface area contributed by atoms with Gasteiger partial charge in [0.05, 0.1) is 24.8 Å². The Morgan fingerprint density at radius 2 is 2.13 bits per heavy atom. The van der Waals surface area contributed by atoms with Crippen LogP contribution in [-0.2, 0) is 23.1 Å². The van der Waals surface area contributed by atoms with Gasteiger partial charge in [0.2, 0.25) is 5.91 Å². The minimum Gasteiger partial charge on any atom is -0.493 e. The maximum absolute atomic E-state index is 14.1. The molecule has 1 aromatic heterocycles. The first-order valence-corrected chi connectivity index (χ1v) is 11.1. The molecule has 0 aliphatic carbocycles. The lowest BCUT2D eigenvalue weighted by Crippen LogP contribution is -2.38. The number of hydrogen-bond acceptors (Lipinski definition) is 5. The number of carbonyl (C=O) groups excluding carboxylic acids is 1. The first kappa shape index (κ1) is 20.5. The van der Waals surface area contributed by atoms with E-state index < -0.39 is 0 Å². The van der Waals surface area contributed by atoms with Crippen molar-refractivity contribution in [2.24, 2.45) is 24.8 Å². The average molecular weight is 429 g/mol. The number of halogens is 1. The molecule has 1 amide bonds. The first-order chi connectivity index (χ1) is 15.1. The molecule has 0 unspecified atom stereocenters. The maximum Gasteiger partial charge on any atom is 0.225 e. The van der Waals surface area contributed by atoms with E-state index >= 15 is 0 Å². The van der Waals surface area contributed by atoms with Crippen molar-refractivity contribution in [1.29, 1.82) is 0 Å². The number of aromatic nitrogens is 2. The summed E-state index contributed by atoms with van der Waals surface area (Å²) in [6.07, 6.45) is 3.78. The molecule has 3 aliphatic rings. The SMILES string of the molecule is Cn1nccc1CNC(=O)[C@@H]1CN(CC2CCOCC2)[C@H]2c3cc(F)ccc3OC[C@@H]12. The summed E-state index contributed by atoms with van der Waals surface area (Å²) in [5.41, 5.74) is 1.82. The highest BCUT2D eigenvalue weighted by atomic mass is 19.1. The summed E-state index contributed by atoms with van der Waals surface area (Å²) in [6, 6.07) is 6.63. The lowest BCUT2D eigenvalue weighted by Gasteiger charge is -2.36. The number of benzene rings is 1. The second-order valence-electron chi connectivity index (χ2n) is 8.88. The molecule has 31 heavy (non-hydrogen) atoms. The highest BCUT2D eigenvalue weighted by molar-refractivity contribution is 5.80. The zero-order chi connectivity index (χ0) is 21.4. The number of rotatable bonds is 5. The number of fused-ring (bicyclic) bond motifs is 3. The van der Waals surface area contributed by atoms with Crippen LogP contribution < -0.4 is 10.1 Å². The molecule has 3 aliphatic heterocycles. The number of ether oxygens (including phenoxy) is 2. The molecule has 0 spiro atoms. The fourth-order valence-electron chi connectivity index (χ4n) is 5.30. The van der Waals surface area contributed by atoms with Crippen molar-refractivity contribution in [2.75, 3.05) is 32.9 Å². The molecule has 2 saturated heterocycles. The fourth-order valence-corrected chi connectivity index (χ4v) is 5.30. The van der Waals surface area contributed by atoms with Gasteiger partial charge in [0.25, 0.3) is 0 Å². The number of nitrogens with zero attached hydrogens (tertiary/aromatic N) is 3. The number of hydrogen-bond donors (Lipinski definition) is 1. The Hall–Kier alpha value is -2.45. The smallest absolute Gasteiger partial charge is 0.225 e. The van der Waals surface area contributed by atoms with Crippen LogP contribution in [0, 0.1) is 23.6 Å². The van der Waals surface area contributed by atoms with E-state index in [4.69, 9.17) is 9.47 Å². The van der Waals surface area contributed by atoms with Gasteiger partial charge in [-0.1, -0.05) is 0 Å². The Morgan fingerprint density at radius 1 is 1.29 bits per heavy atom. The van der Waals surface area contributed by atoms with Gasteiger partial charge in [-0.15, -0.1) is 0 Å². The molecule has 0 radical (unpaired) electrons. The van der Waals surface area contributed by atoms with Crippen molar-refractivity contribution in [3.05, 3.63) is 47.5 Å². The average Bonchev–Trinajstić information content (AvgIpc) is 3.36. The number of amides is 1. The molecular weight excluding hydrogens is 399 g/mol. The summed E-state index contributed by atoms with van der Waals surface area (Å²) < 4.78 is 27.4. The first-order valence-electron chi connectivity index (χ1n) is 11.1. The van der Waals surface area contributed by atoms with Gasteiger partial charge >= 0.3 is 0 Å². The van der Waals surface area contributed by atoms with Crippen LogP contribution >= 0.6 is 0 Å². The monoisotopic (exact) mass is 428 g/mol. The standard InChI is InChI=1S/C23H29FN4O3/c1-27-17(4-7-26-27)11-25-23(29)19-13-28(12-15-5-8-30-9-6-15)22-18-10-16(24)2-3-21(18)31-14-20(19)22/h2-4,7,10,15,19-20,22H,5-6,8-9,11-14H2,1H3,(H,25,29)/t19-,20+,22+/m1/s1. The molecule has 1 N–H and O–H groups in total. The van der Waals surface area contributed by atoms with E-state index in [2.05, 4.69) is 15.3 Å². The summed E-state index contributed by atoms with van der Waals surface area (Å²) in [7, 11) is 1.86. The molecule has 4 heterocycles. The Labute approximate surface area is 181 Å². The van der Waals surface area contributed by atoms with Crippen molar-refractivity contribution in [3.63, 3.8) is 0 Å². The molecule has 8 heteroatoms. The highest BCUT2D eigenvalue weighted by Crippen LogP contribution is 2.48. The minimum atomic E-state index is -0.266. The van der Waals surface area contributed by atoms with Gasteiger partial charge in [0.1, 0.15) is 11.6 Å². The lowest BCUT2D eigenvalue weighted by atomic mass is 9.84. The highest BCUT2D eigenvalue weighted by Gasteiger charge is 2.49. The van der Waals surface area contributed by atoms with Gasteiger partial charge in [0.15, 0.2) is 0 Å². The van der Waals surface area contributed by atoms with Gasteiger partial charge in [-0.25, -0.2) is 4.39 Å². The number of likely N-dealkylation sites (tertiary alicyclic amines) is 1. The van der Waals surface area contributed by atoms with E-state index in [0.29, 0.717) is 25.6 Å². The lowest BCUT2D eigenvalue weighted by molar-refractivity contribution is -0.126. The number of aryl methyl sites for hydroxylation is 1. The van der Waals surface area contributed by atoms with Crippen LogP contribution in [0.5, 0.6) is 5.75 Å². The van der Waals surface area contributed by atoms with Gasteiger partial charge in [-0.05, 0) is 43.0 Å². The van der Waals surface area contributed by atoms with Gasteiger partial charge in [-0.3, -0.25) is 14.4 Å². The van der Waals surface area contributed by atoms with Gasteiger partial charge in [-0.2, -0.15) is 5.10 Å². The van der Waals surface area contributed by atoms with Crippen LogP contribution in [0.2, 0.25) is 0 Å². The maximum atomic E-state index is 14.1. The molecule has 3 atom stereocenters. The molecule has 2 aromatic rings. The molecule has 5 rings (SSSR count). The molecular formula is C23H29FN4O3. The third-order valence-corrected chi connectivity index (χ3v) is 7.01. The minimum absolute atomic E-state index is 0.000628. The normalized spacial score (nSPS) is 26.2. The molecule has 166 valence electrons.